The minimum atomic E-state index is -0.388. The van der Waals surface area contributed by atoms with Gasteiger partial charge in [0.2, 0.25) is 5.13 Å². The molecule has 23 heavy (non-hydrogen) atoms. The second-order valence-electron chi connectivity index (χ2n) is 4.58. The number of hydrogen-bond donors (Lipinski definition) is 1. The first-order valence-corrected chi connectivity index (χ1v) is 8.52. The van der Waals surface area contributed by atoms with Crippen LogP contribution in [-0.2, 0) is 5.75 Å². The number of non-ortho nitro benzene ring substituents is 1. The topological polar surface area (TPSA) is 81.0 Å². The van der Waals surface area contributed by atoms with Crippen molar-refractivity contribution in [2.75, 3.05) is 5.32 Å². The second kappa shape index (κ2) is 7.21. The quantitative estimate of drug-likeness (QED) is 0.403. The van der Waals surface area contributed by atoms with Gasteiger partial charge in [0.25, 0.3) is 5.69 Å². The van der Waals surface area contributed by atoms with Gasteiger partial charge in [-0.25, -0.2) is 0 Å². The highest BCUT2D eigenvalue weighted by Crippen LogP contribution is 2.30. The number of nitro benzene ring substituents is 1. The van der Waals surface area contributed by atoms with Gasteiger partial charge < -0.3 is 5.32 Å². The van der Waals surface area contributed by atoms with Crippen LogP contribution in [0.4, 0.5) is 16.5 Å². The van der Waals surface area contributed by atoms with Crippen molar-refractivity contribution in [3.05, 3.63) is 70.3 Å². The summed E-state index contributed by atoms with van der Waals surface area (Å²) in [6.07, 6.45) is 0. The van der Waals surface area contributed by atoms with Crippen molar-refractivity contribution < 1.29 is 4.92 Å². The molecule has 8 heteroatoms. The number of anilines is 2. The van der Waals surface area contributed by atoms with Crippen molar-refractivity contribution in [1.82, 2.24) is 10.2 Å². The summed E-state index contributed by atoms with van der Waals surface area (Å²) in [4.78, 5) is 10.4. The third-order valence-electron chi connectivity index (χ3n) is 2.92. The lowest BCUT2D eigenvalue weighted by Crippen LogP contribution is -1.89. The lowest BCUT2D eigenvalue weighted by atomic mass is 10.2. The van der Waals surface area contributed by atoms with Crippen LogP contribution >= 0.6 is 23.1 Å². The largest absolute Gasteiger partial charge is 0.330 e. The zero-order chi connectivity index (χ0) is 16.1. The van der Waals surface area contributed by atoms with E-state index in [1.54, 1.807) is 12.1 Å². The Labute approximate surface area is 140 Å². The number of rotatable bonds is 6. The van der Waals surface area contributed by atoms with Gasteiger partial charge in [-0.2, -0.15) is 0 Å². The van der Waals surface area contributed by atoms with E-state index in [0.29, 0.717) is 5.75 Å². The van der Waals surface area contributed by atoms with Gasteiger partial charge >= 0.3 is 0 Å². The molecule has 1 N–H and O–H groups in total. The fraction of sp³-hybridized carbons (Fsp3) is 0.0667. The van der Waals surface area contributed by atoms with E-state index in [0.717, 1.165) is 20.7 Å². The lowest BCUT2D eigenvalue weighted by molar-refractivity contribution is -0.384. The first-order valence-electron chi connectivity index (χ1n) is 6.72. The second-order valence-corrected chi connectivity index (χ2v) is 6.78. The SMILES string of the molecule is O=[N+]([O-])c1cccc(CSc2nnc(Nc3ccccc3)s2)c1. The van der Waals surface area contributed by atoms with Crippen LogP contribution in [0.2, 0.25) is 0 Å². The number of para-hydroxylation sites is 1. The molecule has 1 heterocycles. The number of nitro groups is 1. The van der Waals surface area contributed by atoms with Gasteiger partial charge in [-0.05, 0) is 17.7 Å². The van der Waals surface area contributed by atoms with E-state index in [4.69, 9.17) is 0 Å². The van der Waals surface area contributed by atoms with Crippen LogP contribution in [0.3, 0.4) is 0 Å². The Morgan fingerprint density at radius 1 is 1.13 bits per heavy atom. The molecular formula is C15H12N4O2S2. The monoisotopic (exact) mass is 344 g/mol. The summed E-state index contributed by atoms with van der Waals surface area (Å²) >= 11 is 2.96. The highest BCUT2D eigenvalue weighted by Gasteiger charge is 2.08. The number of aromatic nitrogens is 2. The molecule has 0 fully saturated rings. The van der Waals surface area contributed by atoms with Crippen LogP contribution in [0.5, 0.6) is 0 Å². The Balaban J connectivity index is 1.61. The maximum Gasteiger partial charge on any atom is 0.269 e. The van der Waals surface area contributed by atoms with Crippen molar-refractivity contribution in [1.29, 1.82) is 0 Å². The minimum absolute atomic E-state index is 0.104. The Morgan fingerprint density at radius 3 is 2.74 bits per heavy atom. The summed E-state index contributed by atoms with van der Waals surface area (Å²) in [5.41, 5.74) is 1.95. The molecule has 0 aliphatic heterocycles. The molecule has 0 spiro atoms. The number of hydrogen-bond acceptors (Lipinski definition) is 7. The molecule has 3 rings (SSSR count). The summed E-state index contributed by atoms with van der Waals surface area (Å²) in [5, 5.41) is 22.9. The first-order chi connectivity index (χ1) is 11.2. The maximum absolute atomic E-state index is 10.8. The zero-order valence-corrected chi connectivity index (χ0v) is 13.5. The van der Waals surface area contributed by atoms with Crippen LogP contribution in [0.25, 0.3) is 0 Å². The van der Waals surface area contributed by atoms with Gasteiger partial charge in [0.1, 0.15) is 0 Å². The molecule has 0 saturated carbocycles. The van der Waals surface area contributed by atoms with E-state index < -0.39 is 0 Å². The first kappa shape index (κ1) is 15.4. The molecule has 0 unspecified atom stereocenters. The molecule has 0 aliphatic carbocycles. The van der Waals surface area contributed by atoms with Crippen molar-refractivity contribution >= 4 is 39.6 Å². The summed E-state index contributed by atoms with van der Waals surface area (Å²) in [6.45, 7) is 0. The van der Waals surface area contributed by atoms with Gasteiger partial charge in [-0.3, -0.25) is 10.1 Å². The average molecular weight is 344 g/mol. The lowest BCUT2D eigenvalue weighted by Gasteiger charge is -2.00. The van der Waals surface area contributed by atoms with Crippen LogP contribution in [-0.4, -0.2) is 15.1 Å². The molecule has 116 valence electrons. The van der Waals surface area contributed by atoms with E-state index in [-0.39, 0.29) is 10.6 Å². The van der Waals surface area contributed by atoms with Gasteiger partial charge in [-0.15, -0.1) is 10.2 Å². The van der Waals surface area contributed by atoms with Crippen molar-refractivity contribution in [3.63, 3.8) is 0 Å². The molecule has 0 radical (unpaired) electrons. The number of nitrogens with one attached hydrogen (secondary N) is 1. The van der Waals surface area contributed by atoms with Gasteiger partial charge in [0, 0.05) is 23.6 Å². The summed E-state index contributed by atoms with van der Waals surface area (Å²) < 4.78 is 0.815. The zero-order valence-electron chi connectivity index (χ0n) is 11.9. The Bertz CT molecular complexity index is 808. The van der Waals surface area contributed by atoms with E-state index in [2.05, 4.69) is 15.5 Å². The number of benzene rings is 2. The maximum atomic E-state index is 10.8. The van der Waals surface area contributed by atoms with Gasteiger partial charge in [0.15, 0.2) is 4.34 Å². The van der Waals surface area contributed by atoms with Crippen LogP contribution in [0.15, 0.2) is 58.9 Å². The Kier molecular flexibility index (Phi) is 4.84. The number of thioether (sulfide) groups is 1. The Hall–Kier alpha value is -2.45. The molecule has 6 nitrogen and oxygen atoms in total. The van der Waals surface area contributed by atoms with E-state index in [1.165, 1.54) is 29.2 Å². The molecule has 0 aliphatic rings. The van der Waals surface area contributed by atoms with Crippen molar-refractivity contribution in [2.45, 2.75) is 10.1 Å². The predicted octanol–water partition coefficient (Wildman–Crippen LogP) is 4.48. The van der Waals surface area contributed by atoms with Crippen LogP contribution < -0.4 is 5.32 Å². The molecule has 0 bridgehead atoms. The smallest absolute Gasteiger partial charge is 0.269 e. The minimum Gasteiger partial charge on any atom is -0.330 e. The summed E-state index contributed by atoms with van der Waals surface area (Å²) in [7, 11) is 0. The fourth-order valence-electron chi connectivity index (χ4n) is 1.87. The van der Waals surface area contributed by atoms with E-state index in [9.17, 15) is 10.1 Å². The summed E-state index contributed by atoms with van der Waals surface area (Å²) in [6, 6.07) is 16.4. The van der Waals surface area contributed by atoms with Crippen LogP contribution in [0.1, 0.15) is 5.56 Å². The predicted molar refractivity (Wildman–Crippen MR) is 92.3 cm³/mol. The van der Waals surface area contributed by atoms with Crippen molar-refractivity contribution in [3.8, 4) is 0 Å². The van der Waals surface area contributed by atoms with E-state index >= 15 is 0 Å². The average Bonchev–Trinajstić information content (AvgIpc) is 3.01. The molecule has 0 amide bonds. The highest BCUT2D eigenvalue weighted by atomic mass is 32.2. The third-order valence-corrected chi connectivity index (χ3v) is 4.96. The molecule has 2 aromatic carbocycles. The fourth-order valence-corrected chi connectivity index (χ4v) is 3.58. The van der Waals surface area contributed by atoms with Crippen LogP contribution in [0, 0.1) is 10.1 Å². The number of nitrogens with zero attached hydrogens (tertiary/aromatic N) is 3. The normalized spacial score (nSPS) is 10.4. The van der Waals surface area contributed by atoms with Crippen molar-refractivity contribution in [2.24, 2.45) is 0 Å². The third kappa shape index (κ3) is 4.27. The molecule has 3 aromatic rings. The summed E-state index contributed by atoms with van der Waals surface area (Å²) in [5.74, 6) is 0.613. The molecule has 1 aromatic heterocycles. The van der Waals surface area contributed by atoms with Gasteiger partial charge in [0.05, 0.1) is 4.92 Å². The Morgan fingerprint density at radius 2 is 1.96 bits per heavy atom. The molecule has 0 atom stereocenters. The highest BCUT2D eigenvalue weighted by molar-refractivity contribution is 8.00. The standard InChI is InChI=1S/C15H12N4O2S2/c20-19(21)13-8-4-5-11(9-13)10-22-15-18-17-14(23-15)16-12-6-2-1-3-7-12/h1-9H,10H2,(H,16,17). The van der Waals surface area contributed by atoms with E-state index in [1.807, 2.05) is 36.4 Å². The van der Waals surface area contributed by atoms with Gasteiger partial charge in [-0.1, -0.05) is 53.4 Å². The molecule has 0 saturated heterocycles. The molecular weight excluding hydrogens is 332 g/mol.